The van der Waals surface area contributed by atoms with Crippen LogP contribution in [0.15, 0.2) is 84.9 Å². The van der Waals surface area contributed by atoms with Crippen LogP contribution >= 0.6 is 0 Å². The molecule has 2 unspecified atom stereocenters. The highest BCUT2D eigenvalue weighted by molar-refractivity contribution is 5.88. The Kier molecular flexibility index (Phi) is 5.84. The highest BCUT2D eigenvalue weighted by Gasteiger charge is 2.29. The van der Waals surface area contributed by atoms with Crippen molar-refractivity contribution in [3.63, 3.8) is 0 Å². The van der Waals surface area contributed by atoms with E-state index in [4.69, 9.17) is 4.74 Å². The summed E-state index contributed by atoms with van der Waals surface area (Å²) in [5.74, 6) is 0.0787. The summed E-state index contributed by atoms with van der Waals surface area (Å²) in [6.45, 7) is 3.43. The Bertz CT molecular complexity index is 1310. The summed E-state index contributed by atoms with van der Waals surface area (Å²) in [5, 5.41) is 15.6. The molecule has 4 aromatic rings. The number of hydrogen-bond donors (Lipinski definition) is 2. The summed E-state index contributed by atoms with van der Waals surface area (Å²) in [7, 11) is 0. The summed E-state index contributed by atoms with van der Waals surface area (Å²) >= 11 is 0. The Morgan fingerprint density at radius 2 is 1.79 bits per heavy atom. The molecular formula is C29H27NO3. The van der Waals surface area contributed by atoms with E-state index in [0.717, 1.165) is 35.4 Å². The summed E-state index contributed by atoms with van der Waals surface area (Å²) in [5.41, 5.74) is 4.71. The van der Waals surface area contributed by atoms with Gasteiger partial charge in [0, 0.05) is 24.6 Å². The standard InChI is InChI=1S/C29H27NO3/c1-19-13-22(15-23(14-19)29(31)32)27-16-24(33-28-12-5-4-11-26(27)28)18-30-17-21-9-6-8-20-7-2-3-10-25(20)21/h2-15,24,27,30H,16-18H2,1H3,(H,31,32). The molecule has 1 heterocycles. The molecule has 0 saturated heterocycles. The lowest BCUT2D eigenvalue weighted by Gasteiger charge is -2.33. The van der Waals surface area contributed by atoms with Crippen molar-refractivity contribution in [3.8, 4) is 5.75 Å². The Morgan fingerprint density at radius 1 is 1.00 bits per heavy atom. The predicted octanol–water partition coefficient (Wildman–Crippen LogP) is 5.92. The zero-order valence-electron chi connectivity index (χ0n) is 18.6. The van der Waals surface area contributed by atoms with Gasteiger partial charge in [0.1, 0.15) is 11.9 Å². The number of aryl methyl sites for hydroxylation is 1. The second-order valence-corrected chi connectivity index (χ2v) is 8.77. The average molecular weight is 438 g/mol. The number of rotatable bonds is 6. The first-order valence-electron chi connectivity index (χ1n) is 11.4. The summed E-state index contributed by atoms with van der Waals surface area (Å²) < 4.78 is 6.34. The average Bonchev–Trinajstić information content (AvgIpc) is 2.83. The van der Waals surface area contributed by atoms with Crippen molar-refractivity contribution in [2.45, 2.75) is 31.9 Å². The number of benzene rings is 4. The van der Waals surface area contributed by atoms with Gasteiger partial charge in [0.25, 0.3) is 0 Å². The lowest BCUT2D eigenvalue weighted by atomic mass is 9.83. The fourth-order valence-corrected chi connectivity index (χ4v) is 4.89. The minimum absolute atomic E-state index is 0.00586. The van der Waals surface area contributed by atoms with Crippen molar-refractivity contribution in [2.24, 2.45) is 0 Å². The zero-order valence-corrected chi connectivity index (χ0v) is 18.6. The molecule has 0 aromatic heterocycles. The van der Waals surface area contributed by atoms with Crippen molar-refractivity contribution in [2.75, 3.05) is 6.54 Å². The van der Waals surface area contributed by atoms with Crippen LogP contribution in [0.3, 0.4) is 0 Å². The van der Waals surface area contributed by atoms with Crippen LogP contribution in [0.1, 0.15) is 45.0 Å². The molecule has 5 rings (SSSR count). The van der Waals surface area contributed by atoms with Gasteiger partial charge in [-0.1, -0.05) is 66.7 Å². The van der Waals surface area contributed by atoms with E-state index < -0.39 is 5.97 Å². The van der Waals surface area contributed by atoms with Gasteiger partial charge in [-0.05, 0) is 59.0 Å². The number of hydrogen-bond acceptors (Lipinski definition) is 3. The van der Waals surface area contributed by atoms with Crippen LogP contribution in [-0.4, -0.2) is 23.7 Å². The van der Waals surface area contributed by atoms with Crippen molar-refractivity contribution in [1.29, 1.82) is 0 Å². The molecule has 166 valence electrons. The van der Waals surface area contributed by atoms with Gasteiger partial charge in [0.05, 0.1) is 5.56 Å². The molecule has 0 fully saturated rings. The topological polar surface area (TPSA) is 58.6 Å². The molecular weight excluding hydrogens is 410 g/mol. The van der Waals surface area contributed by atoms with E-state index in [1.807, 2.05) is 31.2 Å². The lowest BCUT2D eigenvalue weighted by molar-refractivity contribution is 0.0696. The number of para-hydroxylation sites is 1. The van der Waals surface area contributed by atoms with Crippen LogP contribution in [0, 0.1) is 6.92 Å². The van der Waals surface area contributed by atoms with Crippen LogP contribution in [0.25, 0.3) is 10.8 Å². The maximum atomic E-state index is 11.6. The van der Waals surface area contributed by atoms with Crippen LogP contribution in [-0.2, 0) is 6.54 Å². The maximum Gasteiger partial charge on any atom is 0.335 e. The Morgan fingerprint density at radius 3 is 2.67 bits per heavy atom. The minimum Gasteiger partial charge on any atom is -0.489 e. The maximum absolute atomic E-state index is 11.6. The van der Waals surface area contributed by atoms with Gasteiger partial charge in [-0.15, -0.1) is 0 Å². The molecule has 2 atom stereocenters. The van der Waals surface area contributed by atoms with E-state index >= 15 is 0 Å². The molecule has 0 saturated carbocycles. The Hall–Kier alpha value is -3.63. The molecule has 0 spiro atoms. The first-order valence-corrected chi connectivity index (χ1v) is 11.4. The predicted molar refractivity (Wildman–Crippen MR) is 131 cm³/mol. The molecule has 1 aliphatic rings. The van der Waals surface area contributed by atoms with Crippen molar-refractivity contribution >= 4 is 16.7 Å². The van der Waals surface area contributed by atoms with Gasteiger partial charge in [-0.3, -0.25) is 0 Å². The molecule has 4 aromatic carbocycles. The number of carbonyl (C=O) groups is 1. The third-order valence-electron chi connectivity index (χ3n) is 6.40. The number of nitrogens with one attached hydrogen (secondary N) is 1. The summed E-state index contributed by atoms with van der Waals surface area (Å²) in [6.07, 6.45) is 0.788. The summed E-state index contributed by atoms with van der Waals surface area (Å²) in [4.78, 5) is 11.6. The van der Waals surface area contributed by atoms with Gasteiger partial charge >= 0.3 is 5.97 Å². The normalized spacial score (nSPS) is 17.4. The molecule has 4 heteroatoms. The minimum atomic E-state index is -0.895. The van der Waals surface area contributed by atoms with E-state index in [0.29, 0.717) is 12.1 Å². The van der Waals surface area contributed by atoms with Crippen LogP contribution in [0.5, 0.6) is 5.75 Å². The second-order valence-electron chi connectivity index (χ2n) is 8.77. The second kappa shape index (κ2) is 9.08. The number of aromatic carboxylic acids is 1. The third kappa shape index (κ3) is 4.48. The molecule has 1 aliphatic heterocycles. The van der Waals surface area contributed by atoms with Crippen molar-refractivity contribution in [1.82, 2.24) is 5.32 Å². The first-order chi connectivity index (χ1) is 16.1. The van der Waals surface area contributed by atoms with E-state index in [1.54, 1.807) is 6.07 Å². The molecule has 33 heavy (non-hydrogen) atoms. The molecule has 0 radical (unpaired) electrons. The zero-order chi connectivity index (χ0) is 22.8. The van der Waals surface area contributed by atoms with Gasteiger partial charge < -0.3 is 15.2 Å². The third-order valence-corrected chi connectivity index (χ3v) is 6.40. The van der Waals surface area contributed by atoms with Crippen LogP contribution in [0.4, 0.5) is 0 Å². The molecule has 0 bridgehead atoms. The quantitative estimate of drug-likeness (QED) is 0.393. The fourth-order valence-electron chi connectivity index (χ4n) is 4.89. The van der Waals surface area contributed by atoms with E-state index in [1.165, 1.54) is 16.3 Å². The highest BCUT2D eigenvalue weighted by atomic mass is 16.5. The molecule has 4 nitrogen and oxygen atoms in total. The highest BCUT2D eigenvalue weighted by Crippen LogP contribution is 2.40. The number of carboxylic acids is 1. The fraction of sp³-hybridized carbons (Fsp3) is 0.207. The Balaban J connectivity index is 1.36. The van der Waals surface area contributed by atoms with E-state index in [9.17, 15) is 9.90 Å². The first kappa shape index (κ1) is 21.2. The van der Waals surface area contributed by atoms with Crippen molar-refractivity contribution < 1.29 is 14.6 Å². The number of carboxylic acid groups (broad SMARTS) is 1. The van der Waals surface area contributed by atoms with Crippen molar-refractivity contribution in [3.05, 3.63) is 113 Å². The molecule has 2 N–H and O–H groups in total. The van der Waals surface area contributed by atoms with E-state index in [2.05, 4.69) is 59.9 Å². The van der Waals surface area contributed by atoms with Gasteiger partial charge in [0.15, 0.2) is 0 Å². The Labute approximate surface area is 193 Å². The van der Waals surface area contributed by atoms with Crippen LogP contribution in [0.2, 0.25) is 0 Å². The monoisotopic (exact) mass is 437 g/mol. The van der Waals surface area contributed by atoms with E-state index in [-0.39, 0.29) is 12.0 Å². The molecule has 0 aliphatic carbocycles. The number of fused-ring (bicyclic) bond motifs is 2. The summed E-state index contributed by atoms with van der Waals surface area (Å²) in [6, 6.07) is 28.6. The largest absolute Gasteiger partial charge is 0.489 e. The SMILES string of the molecule is Cc1cc(C(=O)O)cc(C2CC(CNCc3cccc4ccccc34)Oc3ccccc32)c1. The van der Waals surface area contributed by atoms with Crippen LogP contribution < -0.4 is 10.1 Å². The van der Waals surface area contributed by atoms with Gasteiger partial charge in [-0.25, -0.2) is 4.79 Å². The van der Waals surface area contributed by atoms with Gasteiger partial charge in [0.2, 0.25) is 0 Å². The molecule has 0 amide bonds. The lowest BCUT2D eigenvalue weighted by Crippen LogP contribution is -2.35. The smallest absolute Gasteiger partial charge is 0.335 e. The van der Waals surface area contributed by atoms with Gasteiger partial charge in [-0.2, -0.15) is 0 Å². The number of ether oxygens (including phenoxy) is 1.